The first-order valence-corrected chi connectivity index (χ1v) is 19.5. The summed E-state index contributed by atoms with van der Waals surface area (Å²) in [5.41, 5.74) is 2.03. The molecule has 2 aromatic carbocycles. The third-order valence-electron chi connectivity index (χ3n) is 8.93. The van der Waals surface area contributed by atoms with Crippen LogP contribution in [-0.2, 0) is 10.0 Å². The molecule has 2 fully saturated rings. The van der Waals surface area contributed by atoms with Gasteiger partial charge in [-0.05, 0) is 104 Å². The Morgan fingerprint density at radius 3 is 1.90 bits per heavy atom. The molecule has 0 spiro atoms. The number of nitrogens with one attached hydrogen (secondary N) is 2. The van der Waals surface area contributed by atoms with Gasteiger partial charge in [-0.15, -0.1) is 0 Å². The number of halogens is 1. The van der Waals surface area contributed by atoms with Crippen molar-refractivity contribution in [2.24, 2.45) is 4.74 Å². The highest BCUT2D eigenvalue weighted by molar-refractivity contribution is 7.92. The molecule has 2 aliphatic carbocycles. The van der Waals surface area contributed by atoms with E-state index in [9.17, 15) is 8.42 Å². The highest BCUT2D eigenvalue weighted by Crippen LogP contribution is 2.72. The van der Waals surface area contributed by atoms with E-state index in [-0.39, 0.29) is 10.1 Å². The van der Waals surface area contributed by atoms with Crippen molar-refractivity contribution in [3.8, 4) is 5.75 Å². The van der Waals surface area contributed by atoms with E-state index in [4.69, 9.17) is 33.3 Å². The van der Waals surface area contributed by atoms with Crippen LogP contribution in [-0.4, -0.2) is 37.1 Å². The Hall–Kier alpha value is -1.60. The molecule has 0 aromatic heterocycles. The summed E-state index contributed by atoms with van der Waals surface area (Å²) < 4.78 is 40.0. The summed E-state index contributed by atoms with van der Waals surface area (Å²) in [5, 5.41) is 4.13. The molecule has 10 heteroatoms. The minimum atomic E-state index is -3.87. The average molecular weight is 652 g/mol. The van der Waals surface area contributed by atoms with Gasteiger partial charge in [0.1, 0.15) is 5.75 Å². The molecule has 6 nitrogen and oxygen atoms in total. The molecular formula is C32H47ClN3O3PS2. The summed E-state index contributed by atoms with van der Waals surface area (Å²) in [6, 6.07) is 11.4. The molecule has 0 atom stereocenters. The third kappa shape index (κ3) is 7.91. The molecule has 0 bridgehead atoms. The van der Waals surface area contributed by atoms with Gasteiger partial charge in [0.15, 0.2) is 5.11 Å². The Balaban J connectivity index is 1.69. The van der Waals surface area contributed by atoms with Gasteiger partial charge in [0.05, 0.1) is 22.7 Å². The number of methoxy groups -OCH3 is 1. The zero-order valence-corrected chi connectivity index (χ0v) is 28.8. The SMILES string of the molecule is COc1ccc(NS(=O)(=O)c2ccc(Cl)c(NC(=S)N=P(C3CCCCCC3)(C3CCCCCC3)C(C)(C)C)c2)cc1. The molecule has 42 heavy (non-hydrogen) atoms. The lowest BCUT2D eigenvalue weighted by Crippen LogP contribution is -2.32. The van der Waals surface area contributed by atoms with Gasteiger partial charge < -0.3 is 10.1 Å². The number of nitrogens with zero attached hydrogens (tertiary/aromatic N) is 1. The summed E-state index contributed by atoms with van der Waals surface area (Å²) in [6.45, 7) is 7.15. The van der Waals surface area contributed by atoms with Gasteiger partial charge in [0, 0.05) is 5.69 Å². The summed E-state index contributed by atoms with van der Waals surface area (Å²) in [7, 11) is -4.25. The highest BCUT2D eigenvalue weighted by atomic mass is 35.5. The third-order valence-corrected chi connectivity index (χ3v) is 16.9. The van der Waals surface area contributed by atoms with Crippen molar-refractivity contribution in [3.63, 3.8) is 0 Å². The predicted molar refractivity (Wildman–Crippen MR) is 184 cm³/mol. The van der Waals surface area contributed by atoms with Crippen molar-refractivity contribution in [3.05, 3.63) is 47.5 Å². The molecule has 0 amide bonds. The normalized spacial score (nSPS) is 18.0. The number of rotatable bonds is 7. The van der Waals surface area contributed by atoms with E-state index in [0.717, 1.165) is 0 Å². The standard InChI is InChI=1S/C32H47ClN3O3PS2/c1-32(2,3)40(26-13-9-5-6-10-14-26,27-15-11-7-8-12-16-27)35-31(41)34-30-23-28(21-22-29(30)33)42(37,38)36-24-17-19-25(39-4)20-18-24/h17-23,26-27,36H,5-16H2,1-4H3,(H,34,41). The summed E-state index contributed by atoms with van der Waals surface area (Å²) in [6.07, 6.45) is 15.1. The van der Waals surface area contributed by atoms with Crippen molar-refractivity contribution >= 4 is 57.4 Å². The fraction of sp³-hybridized carbons (Fsp3) is 0.594. The second-order valence-corrected chi connectivity index (χ2v) is 19.7. The molecule has 0 aliphatic heterocycles. The molecule has 2 aliphatic rings. The van der Waals surface area contributed by atoms with Gasteiger partial charge in [-0.1, -0.05) is 83.7 Å². The van der Waals surface area contributed by atoms with E-state index in [1.165, 1.54) is 83.1 Å². The molecule has 4 rings (SSSR count). The van der Waals surface area contributed by atoms with Crippen LogP contribution in [0.3, 0.4) is 0 Å². The monoisotopic (exact) mass is 651 g/mol. The van der Waals surface area contributed by atoms with Crippen LogP contribution in [0.4, 0.5) is 11.4 Å². The molecule has 0 heterocycles. The summed E-state index contributed by atoms with van der Waals surface area (Å²) >= 11 is 12.6. The zero-order chi connectivity index (χ0) is 30.4. The largest absolute Gasteiger partial charge is 0.497 e. The van der Waals surface area contributed by atoms with E-state index in [0.29, 0.717) is 38.6 Å². The first-order chi connectivity index (χ1) is 20.0. The Labute approximate surface area is 263 Å². The number of hydrogen-bond donors (Lipinski definition) is 2. The molecular weight excluding hydrogens is 605 g/mol. The van der Waals surface area contributed by atoms with Crippen molar-refractivity contribution in [1.82, 2.24) is 0 Å². The summed E-state index contributed by atoms with van der Waals surface area (Å²) in [4.78, 5) is 0.0948. The molecule has 2 N–H and O–H groups in total. The fourth-order valence-corrected chi connectivity index (χ4v) is 14.8. The van der Waals surface area contributed by atoms with Gasteiger partial charge in [-0.2, -0.15) is 0 Å². The van der Waals surface area contributed by atoms with E-state index >= 15 is 0 Å². The van der Waals surface area contributed by atoms with Crippen molar-refractivity contribution in [2.75, 3.05) is 17.1 Å². The lowest BCUT2D eigenvalue weighted by molar-refractivity contribution is 0.415. The van der Waals surface area contributed by atoms with Crippen LogP contribution < -0.4 is 14.8 Å². The maximum atomic E-state index is 13.3. The molecule has 0 unspecified atom stereocenters. The molecule has 232 valence electrons. The van der Waals surface area contributed by atoms with Crippen LogP contribution in [0.1, 0.15) is 97.8 Å². The molecule has 0 saturated heterocycles. The minimum absolute atomic E-state index is 0.0139. The number of thiocarbonyl (C=S) groups is 1. The van der Waals surface area contributed by atoms with Gasteiger partial charge in [0.25, 0.3) is 10.0 Å². The quantitative estimate of drug-likeness (QED) is 0.177. The minimum Gasteiger partial charge on any atom is -0.497 e. The Morgan fingerprint density at radius 2 is 1.43 bits per heavy atom. The molecule has 2 aromatic rings. The number of benzene rings is 2. The maximum Gasteiger partial charge on any atom is 0.261 e. The van der Waals surface area contributed by atoms with E-state index in [1.54, 1.807) is 43.5 Å². The predicted octanol–water partition coefficient (Wildman–Crippen LogP) is 10.3. The lowest BCUT2D eigenvalue weighted by Gasteiger charge is -2.48. The van der Waals surface area contributed by atoms with Crippen LogP contribution in [0.25, 0.3) is 0 Å². The van der Waals surface area contributed by atoms with E-state index in [1.807, 2.05) is 0 Å². The first kappa shape index (κ1) is 33.3. The van der Waals surface area contributed by atoms with E-state index in [2.05, 4.69) is 30.8 Å². The van der Waals surface area contributed by atoms with Crippen LogP contribution >= 0.6 is 30.9 Å². The molecule has 2 saturated carbocycles. The second-order valence-electron chi connectivity index (χ2n) is 12.7. The van der Waals surface area contributed by atoms with Gasteiger partial charge in [-0.3, -0.25) is 4.72 Å². The number of ether oxygens (including phenoxy) is 1. The van der Waals surface area contributed by atoms with Gasteiger partial charge >= 0.3 is 0 Å². The van der Waals surface area contributed by atoms with Crippen LogP contribution in [0.15, 0.2) is 52.1 Å². The maximum absolute atomic E-state index is 13.3. The smallest absolute Gasteiger partial charge is 0.261 e. The number of sulfonamides is 1. The summed E-state index contributed by atoms with van der Waals surface area (Å²) in [5.74, 6) is 0.648. The van der Waals surface area contributed by atoms with Crippen molar-refractivity contribution < 1.29 is 13.2 Å². The second kappa shape index (κ2) is 14.5. The van der Waals surface area contributed by atoms with Crippen molar-refractivity contribution in [2.45, 2.75) is 119 Å². The highest BCUT2D eigenvalue weighted by Gasteiger charge is 2.46. The Kier molecular flexibility index (Phi) is 11.5. The average Bonchev–Trinajstić information content (AvgIpc) is 3.39. The zero-order valence-electron chi connectivity index (χ0n) is 25.5. The number of anilines is 2. The van der Waals surface area contributed by atoms with Crippen molar-refractivity contribution in [1.29, 1.82) is 0 Å². The number of hydrogen-bond acceptors (Lipinski definition) is 4. The van der Waals surface area contributed by atoms with Crippen LogP contribution in [0.2, 0.25) is 5.02 Å². The van der Waals surface area contributed by atoms with Gasteiger partial charge in [-0.25, -0.2) is 13.2 Å². The Morgan fingerprint density at radius 1 is 0.905 bits per heavy atom. The van der Waals surface area contributed by atoms with Crippen LogP contribution in [0.5, 0.6) is 5.75 Å². The first-order valence-electron chi connectivity index (χ1n) is 15.4. The topological polar surface area (TPSA) is 79.8 Å². The fourth-order valence-electron chi connectivity index (χ4n) is 6.94. The van der Waals surface area contributed by atoms with Crippen LogP contribution in [0, 0.1) is 0 Å². The van der Waals surface area contributed by atoms with E-state index < -0.39 is 17.1 Å². The lowest BCUT2D eigenvalue weighted by atomic mass is 10.2. The molecule has 0 radical (unpaired) electrons. The Bertz CT molecular complexity index is 1350. The van der Waals surface area contributed by atoms with Gasteiger partial charge in [0.2, 0.25) is 0 Å².